The van der Waals surface area contributed by atoms with Gasteiger partial charge in [0.25, 0.3) is 0 Å². The summed E-state index contributed by atoms with van der Waals surface area (Å²) < 4.78 is 16.8. The number of hydrogen-bond acceptors (Lipinski definition) is 6. The van der Waals surface area contributed by atoms with Crippen molar-refractivity contribution < 1.29 is 28.6 Å². The Hall–Kier alpha value is -1.85. The van der Waals surface area contributed by atoms with Crippen LogP contribution in [0.3, 0.4) is 0 Å². The first-order valence-corrected chi connectivity index (χ1v) is 24.7. The van der Waals surface area contributed by atoms with E-state index in [-0.39, 0.29) is 31.1 Å². The van der Waals surface area contributed by atoms with Crippen molar-refractivity contribution in [3.8, 4) is 0 Å². The van der Waals surface area contributed by atoms with Gasteiger partial charge in [0.15, 0.2) is 6.10 Å². The summed E-state index contributed by atoms with van der Waals surface area (Å²) in [4.78, 5) is 37.8. The molecule has 0 fully saturated rings. The maximum Gasteiger partial charge on any atom is 0.306 e. The molecule has 0 spiro atoms. The summed E-state index contributed by atoms with van der Waals surface area (Å²) in [6, 6.07) is 0. The van der Waals surface area contributed by atoms with Gasteiger partial charge >= 0.3 is 17.9 Å². The van der Waals surface area contributed by atoms with E-state index in [4.69, 9.17) is 14.2 Å². The molecule has 0 N–H and O–H groups in total. The molecule has 1 atom stereocenters. The Balaban J connectivity index is 4.33. The normalized spacial score (nSPS) is 12.0. The van der Waals surface area contributed by atoms with Crippen molar-refractivity contribution >= 4 is 17.9 Å². The molecule has 0 aromatic rings. The van der Waals surface area contributed by atoms with Crippen molar-refractivity contribution in [2.75, 3.05) is 13.2 Å². The number of carbonyl (C=O) groups is 3. The maximum absolute atomic E-state index is 12.7. The lowest BCUT2D eigenvalue weighted by Gasteiger charge is -2.18. The summed E-state index contributed by atoms with van der Waals surface area (Å²) in [5.41, 5.74) is 0. The number of esters is 3. The van der Waals surface area contributed by atoms with Gasteiger partial charge in [-0.1, -0.05) is 219 Å². The van der Waals surface area contributed by atoms with Crippen LogP contribution in [0, 0.1) is 0 Å². The number of ether oxygens (including phenoxy) is 3. The molecule has 0 radical (unpaired) electrons. The number of carbonyl (C=O) groups excluding carboxylic acids is 3. The molecule has 0 saturated carbocycles. The molecule has 6 nitrogen and oxygen atoms in total. The highest BCUT2D eigenvalue weighted by Gasteiger charge is 2.19. The van der Waals surface area contributed by atoms with Crippen molar-refractivity contribution in [1.29, 1.82) is 0 Å². The molecule has 0 rings (SSSR count). The third kappa shape index (κ3) is 43.3. The lowest BCUT2D eigenvalue weighted by Crippen LogP contribution is -2.30. The van der Waals surface area contributed by atoms with Crippen molar-refractivity contribution in [1.82, 2.24) is 0 Å². The van der Waals surface area contributed by atoms with Crippen molar-refractivity contribution in [2.24, 2.45) is 0 Å². The van der Waals surface area contributed by atoms with Crippen molar-refractivity contribution in [3.05, 3.63) is 12.2 Å². The van der Waals surface area contributed by atoms with Gasteiger partial charge < -0.3 is 14.2 Å². The Bertz CT molecular complexity index is 870. The molecule has 1 unspecified atom stereocenters. The summed E-state index contributed by atoms with van der Waals surface area (Å²) in [6.07, 6.45) is 49.0. The molecule has 0 heterocycles. The molecule has 0 saturated heterocycles. The molecule has 0 bridgehead atoms. The molecule has 0 aliphatic carbocycles. The second-order valence-corrected chi connectivity index (χ2v) is 16.7. The van der Waals surface area contributed by atoms with Gasteiger partial charge in [0.1, 0.15) is 13.2 Å². The Kier molecular flexibility index (Phi) is 44.3. The van der Waals surface area contributed by atoms with Crippen molar-refractivity contribution in [2.45, 2.75) is 277 Å². The highest BCUT2D eigenvalue weighted by atomic mass is 16.6. The van der Waals surface area contributed by atoms with E-state index in [0.29, 0.717) is 19.3 Å². The van der Waals surface area contributed by atoms with E-state index in [1.165, 1.54) is 167 Å². The van der Waals surface area contributed by atoms with E-state index in [9.17, 15) is 14.4 Å². The van der Waals surface area contributed by atoms with Gasteiger partial charge in [-0.3, -0.25) is 14.4 Å². The zero-order valence-electron chi connectivity index (χ0n) is 37.7. The molecule has 0 aromatic carbocycles. The molecule has 0 aliphatic heterocycles. The lowest BCUT2D eigenvalue weighted by atomic mass is 10.0. The van der Waals surface area contributed by atoms with E-state index >= 15 is 0 Å². The van der Waals surface area contributed by atoms with Crippen LogP contribution in [0.1, 0.15) is 271 Å². The maximum atomic E-state index is 12.7. The molecule has 0 aromatic heterocycles. The highest BCUT2D eigenvalue weighted by molar-refractivity contribution is 5.71. The Morgan fingerprint density at radius 3 is 0.911 bits per heavy atom. The molecule has 0 aliphatic rings. The Morgan fingerprint density at radius 1 is 0.339 bits per heavy atom. The van der Waals surface area contributed by atoms with Crippen LogP contribution >= 0.6 is 0 Å². The van der Waals surface area contributed by atoms with Gasteiger partial charge in [0.05, 0.1) is 0 Å². The first kappa shape index (κ1) is 54.2. The van der Waals surface area contributed by atoms with Crippen LogP contribution < -0.4 is 0 Å². The second-order valence-electron chi connectivity index (χ2n) is 16.7. The quantitative estimate of drug-likeness (QED) is 0.0264. The third-order valence-electron chi connectivity index (χ3n) is 11.0. The smallest absolute Gasteiger partial charge is 0.306 e. The fourth-order valence-electron chi connectivity index (χ4n) is 7.26. The molecular formula is C50H94O6. The molecule has 56 heavy (non-hydrogen) atoms. The van der Waals surface area contributed by atoms with Gasteiger partial charge in [-0.2, -0.15) is 0 Å². The first-order chi connectivity index (χ1) is 27.5. The van der Waals surface area contributed by atoms with Gasteiger partial charge in [0.2, 0.25) is 0 Å². The van der Waals surface area contributed by atoms with E-state index < -0.39 is 6.10 Å². The minimum absolute atomic E-state index is 0.0684. The summed E-state index contributed by atoms with van der Waals surface area (Å²) in [6.45, 7) is 6.63. The average molecular weight is 791 g/mol. The summed E-state index contributed by atoms with van der Waals surface area (Å²) in [7, 11) is 0. The van der Waals surface area contributed by atoms with Crippen LogP contribution in [0.4, 0.5) is 0 Å². The molecule has 330 valence electrons. The number of allylic oxidation sites excluding steroid dienone is 2. The van der Waals surface area contributed by atoms with E-state index in [1.807, 2.05) is 0 Å². The summed E-state index contributed by atoms with van der Waals surface area (Å²) in [5, 5.41) is 0. The second kappa shape index (κ2) is 45.8. The van der Waals surface area contributed by atoms with Crippen LogP contribution in [-0.4, -0.2) is 37.2 Å². The topological polar surface area (TPSA) is 78.9 Å². The van der Waals surface area contributed by atoms with Gasteiger partial charge in [-0.05, 0) is 44.9 Å². The molecular weight excluding hydrogens is 697 g/mol. The fraction of sp³-hybridized carbons (Fsp3) is 0.900. The summed E-state index contributed by atoms with van der Waals surface area (Å²) >= 11 is 0. The SMILES string of the molecule is CCCCCC/C=C\CCCCCCCC(=O)OC(COC(=O)CCCCCCCCCCCCC)COC(=O)CCCCCCCCCCCCCCCC. The van der Waals surface area contributed by atoms with Crippen LogP contribution in [0.2, 0.25) is 0 Å². The number of rotatable bonds is 45. The molecule has 0 amide bonds. The zero-order valence-corrected chi connectivity index (χ0v) is 37.7. The minimum atomic E-state index is -0.766. The summed E-state index contributed by atoms with van der Waals surface area (Å²) in [5.74, 6) is -0.865. The highest BCUT2D eigenvalue weighted by Crippen LogP contribution is 2.16. The predicted molar refractivity (Wildman–Crippen MR) is 238 cm³/mol. The van der Waals surface area contributed by atoms with E-state index in [2.05, 4.69) is 32.9 Å². The van der Waals surface area contributed by atoms with E-state index in [1.54, 1.807) is 0 Å². The standard InChI is InChI=1S/C50H94O6/c1-4-7-10-13-16-19-22-24-26-28-31-34-37-40-43-49(52)55-46-47(45-54-48(51)42-39-36-33-30-27-21-18-15-12-9-6-3)56-50(53)44-41-38-35-32-29-25-23-20-17-14-11-8-5-2/h20,23,47H,4-19,21-22,24-46H2,1-3H3/b23-20-. The fourth-order valence-corrected chi connectivity index (χ4v) is 7.26. The van der Waals surface area contributed by atoms with E-state index in [0.717, 1.165) is 64.2 Å². The Morgan fingerprint density at radius 2 is 0.589 bits per heavy atom. The van der Waals surface area contributed by atoms with Crippen LogP contribution in [-0.2, 0) is 28.6 Å². The predicted octanol–water partition coefficient (Wildman–Crippen LogP) is 15.8. The number of unbranched alkanes of at least 4 members (excludes halogenated alkanes) is 32. The Labute approximate surface area is 348 Å². The largest absolute Gasteiger partial charge is 0.462 e. The van der Waals surface area contributed by atoms with Crippen LogP contribution in [0.25, 0.3) is 0 Å². The third-order valence-corrected chi connectivity index (χ3v) is 11.0. The van der Waals surface area contributed by atoms with Crippen LogP contribution in [0.15, 0.2) is 12.2 Å². The average Bonchev–Trinajstić information content (AvgIpc) is 3.19. The monoisotopic (exact) mass is 791 g/mol. The zero-order chi connectivity index (χ0) is 40.8. The van der Waals surface area contributed by atoms with Gasteiger partial charge in [0, 0.05) is 19.3 Å². The van der Waals surface area contributed by atoms with Crippen LogP contribution in [0.5, 0.6) is 0 Å². The minimum Gasteiger partial charge on any atom is -0.462 e. The van der Waals surface area contributed by atoms with Crippen molar-refractivity contribution in [3.63, 3.8) is 0 Å². The molecule has 6 heteroatoms. The lowest BCUT2D eigenvalue weighted by molar-refractivity contribution is -0.167. The van der Waals surface area contributed by atoms with Gasteiger partial charge in [-0.15, -0.1) is 0 Å². The van der Waals surface area contributed by atoms with Gasteiger partial charge in [-0.25, -0.2) is 0 Å². The number of hydrogen-bond donors (Lipinski definition) is 0. The first-order valence-electron chi connectivity index (χ1n) is 24.7.